The molecule has 0 spiro atoms. The van der Waals surface area contributed by atoms with Crippen LogP contribution in [0.4, 0.5) is 4.79 Å². The molecular weight excluding hydrogens is 164 g/mol. The standard InChI is InChI=1S/C6H10O.CH2O2S/c7-6-4-2-1-3-5-6;2-1(3)4/h1-5H2;4H,(H,2,3). The summed E-state index contributed by atoms with van der Waals surface area (Å²) in [5, 5.41) is 6.14. The molecule has 0 heterocycles. The van der Waals surface area contributed by atoms with Crippen molar-refractivity contribution in [3.8, 4) is 0 Å². The van der Waals surface area contributed by atoms with E-state index in [0.29, 0.717) is 5.78 Å². The van der Waals surface area contributed by atoms with E-state index in [9.17, 15) is 4.79 Å². The first-order chi connectivity index (χ1) is 5.13. The number of rotatable bonds is 0. The zero-order chi connectivity index (χ0) is 8.69. The van der Waals surface area contributed by atoms with Crippen LogP contribution in [-0.4, -0.2) is 16.2 Å². The molecule has 64 valence electrons. The molecule has 11 heavy (non-hydrogen) atoms. The van der Waals surface area contributed by atoms with Gasteiger partial charge in [-0.05, 0) is 12.8 Å². The second-order valence-electron chi connectivity index (χ2n) is 2.38. The van der Waals surface area contributed by atoms with E-state index in [0.717, 1.165) is 25.7 Å². The lowest BCUT2D eigenvalue weighted by Gasteiger charge is -2.05. The van der Waals surface area contributed by atoms with E-state index in [1.807, 2.05) is 0 Å². The Kier molecular flexibility index (Phi) is 5.93. The van der Waals surface area contributed by atoms with Crippen LogP contribution in [0, 0.1) is 0 Å². The van der Waals surface area contributed by atoms with Gasteiger partial charge in [-0.2, -0.15) is 0 Å². The highest BCUT2D eigenvalue weighted by Gasteiger charge is 2.05. The summed E-state index contributed by atoms with van der Waals surface area (Å²) in [6.45, 7) is 0. The van der Waals surface area contributed by atoms with Crippen molar-refractivity contribution in [2.75, 3.05) is 0 Å². The Morgan fingerprint density at radius 3 is 1.82 bits per heavy atom. The van der Waals surface area contributed by atoms with Gasteiger partial charge in [0.05, 0.1) is 0 Å². The maximum absolute atomic E-state index is 10.5. The molecule has 4 heteroatoms. The lowest BCUT2D eigenvalue weighted by molar-refractivity contribution is -0.120. The molecule has 1 rings (SSSR count). The fourth-order valence-electron chi connectivity index (χ4n) is 0.946. The van der Waals surface area contributed by atoms with Gasteiger partial charge in [-0.3, -0.25) is 4.79 Å². The maximum Gasteiger partial charge on any atom is 0.361 e. The Labute approximate surface area is 71.2 Å². The molecule has 0 aromatic heterocycles. The first-order valence-electron chi connectivity index (χ1n) is 3.56. The number of carboxylic acid groups (broad SMARTS) is 1. The smallest absolute Gasteiger partial charge is 0.361 e. The number of carbonyl (C=O) groups is 2. The third-order valence-electron chi connectivity index (χ3n) is 1.41. The predicted molar refractivity (Wildman–Crippen MR) is 45.1 cm³/mol. The van der Waals surface area contributed by atoms with E-state index < -0.39 is 5.30 Å². The third kappa shape index (κ3) is 9.49. The molecule has 0 bridgehead atoms. The SMILES string of the molecule is O=C(O)S.O=C1CCCCC1. The minimum Gasteiger partial charge on any atom is -0.473 e. The van der Waals surface area contributed by atoms with Crippen molar-refractivity contribution >= 4 is 23.7 Å². The second-order valence-corrected chi connectivity index (χ2v) is 2.76. The number of ketones is 1. The van der Waals surface area contributed by atoms with Gasteiger partial charge in [-0.25, -0.2) is 4.79 Å². The average Bonchev–Trinajstić information content (AvgIpc) is 1.87. The zero-order valence-electron chi connectivity index (χ0n) is 6.25. The Hall–Kier alpha value is -0.510. The number of Topliss-reactive ketones (excluding diaryl/α,β-unsaturated/α-hetero) is 1. The zero-order valence-corrected chi connectivity index (χ0v) is 7.14. The molecule has 1 fully saturated rings. The van der Waals surface area contributed by atoms with Crippen molar-refractivity contribution < 1.29 is 14.7 Å². The molecule has 1 saturated carbocycles. The normalized spacial score (nSPS) is 16.6. The summed E-state index contributed by atoms with van der Waals surface area (Å²) >= 11 is 2.88. The molecule has 0 amide bonds. The van der Waals surface area contributed by atoms with Crippen molar-refractivity contribution in [3.63, 3.8) is 0 Å². The van der Waals surface area contributed by atoms with Gasteiger partial charge in [0.1, 0.15) is 5.78 Å². The summed E-state index contributed by atoms with van der Waals surface area (Å²) in [6, 6.07) is 0. The van der Waals surface area contributed by atoms with Crippen LogP contribution < -0.4 is 0 Å². The van der Waals surface area contributed by atoms with Crippen LogP contribution in [0.15, 0.2) is 0 Å². The van der Waals surface area contributed by atoms with E-state index in [-0.39, 0.29) is 0 Å². The molecule has 0 aliphatic heterocycles. The highest BCUT2D eigenvalue weighted by molar-refractivity contribution is 7.96. The highest BCUT2D eigenvalue weighted by atomic mass is 32.1. The quantitative estimate of drug-likeness (QED) is 0.556. The summed E-state index contributed by atoms with van der Waals surface area (Å²) in [4.78, 5) is 19.3. The van der Waals surface area contributed by atoms with E-state index in [1.165, 1.54) is 6.42 Å². The van der Waals surface area contributed by atoms with Crippen molar-refractivity contribution in [3.05, 3.63) is 0 Å². The lowest BCUT2D eigenvalue weighted by Crippen LogP contribution is -2.02. The van der Waals surface area contributed by atoms with Gasteiger partial charge in [0, 0.05) is 12.8 Å². The van der Waals surface area contributed by atoms with Crippen LogP contribution in [0.2, 0.25) is 0 Å². The highest BCUT2D eigenvalue weighted by Crippen LogP contribution is 2.12. The Bertz CT molecular complexity index is 133. The molecule has 0 saturated heterocycles. The molecule has 0 aromatic carbocycles. The molecule has 1 aliphatic carbocycles. The van der Waals surface area contributed by atoms with Gasteiger partial charge in [0.2, 0.25) is 0 Å². The van der Waals surface area contributed by atoms with Crippen molar-refractivity contribution in [1.29, 1.82) is 0 Å². The van der Waals surface area contributed by atoms with Crippen molar-refractivity contribution in [2.24, 2.45) is 0 Å². The van der Waals surface area contributed by atoms with Gasteiger partial charge in [-0.15, -0.1) is 0 Å². The minimum absolute atomic E-state index is 0.464. The molecule has 1 aliphatic rings. The average molecular weight is 176 g/mol. The Morgan fingerprint density at radius 2 is 1.64 bits per heavy atom. The molecule has 0 aromatic rings. The van der Waals surface area contributed by atoms with Crippen LogP contribution in [-0.2, 0) is 4.79 Å². The lowest BCUT2D eigenvalue weighted by atomic mass is 10.00. The third-order valence-corrected chi connectivity index (χ3v) is 1.41. The molecule has 1 N–H and O–H groups in total. The van der Waals surface area contributed by atoms with Crippen LogP contribution in [0.5, 0.6) is 0 Å². The van der Waals surface area contributed by atoms with E-state index in [2.05, 4.69) is 12.6 Å². The van der Waals surface area contributed by atoms with E-state index in [4.69, 9.17) is 9.90 Å². The number of carbonyl (C=O) groups excluding carboxylic acids is 1. The minimum atomic E-state index is -1.14. The van der Waals surface area contributed by atoms with Crippen LogP contribution in [0.3, 0.4) is 0 Å². The second kappa shape index (κ2) is 6.22. The van der Waals surface area contributed by atoms with Gasteiger partial charge in [0.15, 0.2) is 0 Å². The van der Waals surface area contributed by atoms with Crippen LogP contribution in [0.1, 0.15) is 32.1 Å². The topological polar surface area (TPSA) is 54.4 Å². The molecule has 0 atom stereocenters. The molecule has 0 unspecified atom stereocenters. The van der Waals surface area contributed by atoms with Gasteiger partial charge < -0.3 is 5.11 Å². The van der Waals surface area contributed by atoms with Gasteiger partial charge >= 0.3 is 5.30 Å². The summed E-state index contributed by atoms with van der Waals surface area (Å²) < 4.78 is 0. The fraction of sp³-hybridized carbons (Fsp3) is 0.714. The van der Waals surface area contributed by atoms with Crippen molar-refractivity contribution in [2.45, 2.75) is 32.1 Å². The van der Waals surface area contributed by atoms with E-state index in [1.54, 1.807) is 0 Å². The number of hydrogen-bond acceptors (Lipinski definition) is 2. The van der Waals surface area contributed by atoms with E-state index >= 15 is 0 Å². The summed E-state index contributed by atoms with van der Waals surface area (Å²) in [5.41, 5.74) is 0. The van der Waals surface area contributed by atoms with Gasteiger partial charge in [-0.1, -0.05) is 19.0 Å². The van der Waals surface area contributed by atoms with Crippen LogP contribution in [0.25, 0.3) is 0 Å². The maximum atomic E-state index is 10.5. The first-order valence-corrected chi connectivity index (χ1v) is 4.01. The van der Waals surface area contributed by atoms with Crippen LogP contribution >= 0.6 is 12.6 Å². The fourth-order valence-corrected chi connectivity index (χ4v) is 0.946. The monoisotopic (exact) mass is 176 g/mol. The first kappa shape index (κ1) is 10.5. The molecule has 0 radical (unpaired) electrons. The largest absolute Gasteiger partial charge is 0.473 e. The molecular formula is C7H12O3S. The summed E-state index contributed by atoms with van der Waals surface area (Å²) in [6.07, 6.45) is 5.24. The summed E-state index contributed by atoms with van der Waals surface area (Å²) in [7, 11) is 0. The number of hydrogen-bond donors (Lipinski definition) is 2. The predicted octanol–water partition coefficient (Wildman–Crippen LogP) is 2.11. The van der Waals surface area contributed by atoms with Crippen molar-refractivity contribution in [1.82, 2.24) is 0 Å². The Balaban J connectivity index is 0.000000218. The molecule has 3 nitrogen and oxygen atoms in total. The Morgan fingerprint density at radius 1 is 1.27 bits per heavy atom. The summed E-state index contributed by atoms with van der Waals surface area (Å²) in [5.74, 6) is 0.464. The number of thiol groups is 1. The van der Waals surface area contributed by atoms with Gasteiger partial charge in [0.25, 0.3) is 0 Å².